The quantitative estimate of drug-likeness (QED) is 0.153. The van der Waals surface area contributed by atoms with Gasteiger partial charge in [-0.05, 0) is 34.9 Å². The molecule has 0 aliphatic carbocycles. The molecule has 5 rings (SSSR count). The number of aromatic nitrogens is 4. The van der Waals surface area contributed by atoms with Crippen molar-refractivity contribution >= 4 is 40.7 Å². The van der Waals surface area contributed by atoms with Crippen LogP contribution in [-0.4, -0.2) is 55.6 Å². The minimum absolute atomic E-state index is 0.0945. The zero-order valence-corrected chi connectivity index (χ0v) is 20.0. The van der Waals surface area contributed by atoms with Crippen LogP contribution < -0.4 is 26.3 Å². The zero-order valence-electron chi connectivity index (χ0n) is 19.3. The average molecular weight is 530 g/mol. The van der Waals surface area contributed by atoms with Crippen LogP contribution in [0.2, 0.25) is 0 Å². The molecule has 0 fully saturated rings. The fourth-order valence-electron chi connectivity index (χ4n) is 3.92. The molecule has 4 aromatic rings. The van der Waals surface area contributed by atoms with Gasteiger partial charge in [-0.2, -0.15) is 4.52 Å². The SMILES string of the molecule is COC(=O)c1cc(C(=O)O)nc2c(O)nnn12.Nc1c(N2CCc3ccc(CNCl)cc3C2)c(=O)c1=O. The Labute approximate surface area is 212 Å². The number of carbonyl (C=O) groups is 2. The minimum atomic E-state index is -1.35. The molecule has 14 nitrogen and oxygen atoms in total. The maximum absolute atomic E-state index is 11.6. The molecule has 5 N–H and O–H groups in total. The van der Waals surface area contributed by atoms with E-state index in [9.17, 15) is 24.3 Å². The average Bonchev–Trinajstić information content (AvgIpc) is 3.28. The molecule has 0 saturated carbocycles. The van der Waals surface area contributed by atoms with Crippen molar-refractivity contribution in [3.05, 3.63) is 72.8 Å². The van der Waals surface area contributed by atoms with Crippen LogP contribution >= 0.6 is 11.8 Å². The summed E-state index contributed by atoms with van der Waals surface area (Å²) in [7, 11) is 1.13. The summed E-state index contributed by atoms with van der Waals surface area (Å²) in [6.45, 7) is 1.88. The molecule has 0 amide bonds. The number of carbonyl (C=O) groups excluding carboxylic acids is 1. The van der Waals surface area contributed by atoms with Gasteiger partial charge in [-0.15, -0.1) is 0 Å². The van der Waals surface area contributed by atoms with Crippen molar-refractivity contribution in [2.45, 2.75) is 19.5 Å². The first-order chi connectivity index (χ1) is 17.7. The number of methoxy groups -OCH3 is 1. The van der Waals surface area contributed by atoms with Gasteiger partial charge in [0.25, 0.3) is 16.7 Å². The minimum Gasteiger partial charge on any atom is -0.489 e. The van der Waals surface area contributed by atoms with E-state index in [1.807, 2.05) is 11.0 Å². The standard InChI is InChI=1S/C14H14ClN3O2.C8H6N4O5/c15-17-6-8-1-2-9-3-4-18(7-10(9)5-8)12-11(16)13(19)14(12)20;1-17-8(16)4-2-3(7(14)15)9-5-6(13)10-11-12(4)5/h1-2,5,17H,3-4,6-7,16H2;2,13H,1H3,(H,14,15). The smallest absolute Gasteiger partial charge is 0.356 e. The van der Waals surface area contributed by atoms with E-state index in [-0.39, 0.29) is 17.0 Å². The Bertz CT molecular complexity index is 1590. The normalized spacial score (nSPS) is 12.6. The van der Waals surface area contributed by atoms with Gasteiger partial charge in [0.05, 0.1) is 7.11 Å². The third kappa shape index (κ3) is 4.79. The van der Waals surface area contributed by atoms with Crippen molar-refractivity contribution in [1.29, 1.82) is 0 Å². The number of halogens is 1. The Morgan fingerprint density at radius 1 is 1.22 bits per heavy atom. The maximum Gasteiger partial charge on any atom is 0.356 e. The van der Waals surface area contributed by atoms with Crippen LogP contribution in [0.1, 0.15) is 37.7 Å². The predicted octanol–water partition coefficient (Wildman–Crippen LogP) is -0.0144. The number of nitrogens with two attached hydrogens (primary N) is 1. The van der Waals surface area contributed by atoms with Gasteiger partial charge >= 0.3 is 11.9 Å². The molecule has 3 heterocycles. The number of carboxylic acid groups (broad SMARTS) is 1. The van der Waals surface area contributed by atoms with E-state index >= 15 is 0 Å². The number of nitrogen functional groups attached to an aromatic ring is 1. The van der Waals surface area contributed by atoms with Gasteiger partial charge < -0.3 is 25.6 Å². The molecule has 0 spiro atoms. The molecular formula is C22H20ClN7O7. The molecule has 2 aromatic heterocycles. The number of ether oxygens (including phenoxy) is 1. The lowest BCUT2D eigenvalue weighted by Gasteiger charge is -2.31. The predicted molar refractivity (Wildman–Crippen MR) is 130 cm³/mol. The Balaban J connectivity index is 0.000000176. The third-order valence-corrected chi connectivity index (χ3v) is 5.90. The van der Waals surface area contributed by atoms with E-state index in [1.165, 1.54) is 5.56 Å². The summed E-state index contributed by atoms with van der Waals surface area (Å²) in [5.74, 6) is -2.73. The topological polar surface area (TPSA) is 202 Å². The highest BCUT2D eigenvalue weighted by Gasteiger charge is 2.26. The van der Waals surface area contributed by atoms with Crippen molar-refractivity contribution in [3.8, 4) is 5.88 Å². The second-order valence-corrected chi connectivity index (χ2v) is 8.24. The number of benzene rings is 1. The number of carboxylic acids is 1. The summed E-state index contributed by atoms with van der Waals surface area (Å²) in [6, 6.07) is 7.17. The van der Waals surface area contributed by atoms with Crippen LogP contribution in [0, 0.1) is 0 Å². The van der Waals surface area contributed by atoms with E-state index < -0.39 is 34.4 Å². The molecule has 1 aliphatic rings. The van der Waals surface area contributed by atoms with E-state index in [2.05, 4.69) is 37.0 Å². The number of fused-ring (bicyclic) bond motifs is 2. The lowest BCUT2D eigenvalue weighted by molar-refractivity contribution is 0.0590. The van der Waals surface area contributed by atoms with Crippen molar-refractivity contribution < 1.29 is 24.5 Å². The number of nitrogens with one attached hydrogen (secondary N) is 1. The van der Waals surface area contributed by atoms with E-state index in [0.29, 0.717) is 25.3 Å². The van der Waals surface area contributed by atoms with Gasteiger partial charge in [-0.3, -0.25) is 9.59 Å². The summed E-state index contributed by atoms with van der Waals surface area (Å²) in [6.07, 6.45) is 0.835. The molecule has 1 aliphatic heterocycles. The van der Waals surface area contributed by atoms with Crippen LogP contribution in [0.15, 0.2) is 33.9 Å². The molecule has 37 heavy (non-hydrogen) atoms. The van der Waals surface area contributed by atoms with Crippen LogP contribution in [-0.2, 0) is 24.2 Å². The van der Waals surface area contributed by atoms with Gasteiger partial charge in [0, 0.05) is 25.7 Å². The van der Waals surface area contributed by atoms with Gasteiger partial charge in [-0.25, -0.2) is 19.4 Å². The van der Waals surface area contributed by atoms with Crippen LogP contribution in [0.4, 0.5) is 11.4 Å². The Kier molecular flexibility index (Phi) is 7.04. The van der Waals surface area contributed by atoms with Crippen molar-refractivity contribution in [2.24, 2.45) is 0 Å². The lowest BCUT2D eigenvalue weighted by Crippen LogP contribution is -2.44. The summed E-state index contributed by atoms with van der Waals surface area (Å²) in [4.78, 5) is 53.1. The van der Waals surface area contributed by atoms with Crippen molar-refractivity contribution in [1.82, 2.24) is 24.6 Å². The third-order valence-electron chi connectivity index (χ3n) is 5.76. The van der Waals surface area contributed by atoms with E-state index in [4.69, 9.17) is 22.6 Å². The monoisotopic (exact) mass is 529 g/mol. The number of rotatable bonds is 5. The largest absolute Gasteiger partial charge is 0.489 e. The Morgan fingerprint density at radius 2 is 1.97 bits per heavy atom. The first-order valence-corrected chi connectivity index (χ1v) is 11.1. The fourth-order valence-corrected chi connectivity index (χ4v) is 4.08. The molecular weight excluding hydrogens is 510 g/mol. The number of nitrogens with zero attached hydrogens (tertiary/aromatic N) is 5. The highest BCUT2D eigenvalue weighted by atomic mass is 35.5. The summed E-state index contributed by atoms with van der Waals surface area (Å²) < 4.78 is 5.35. The second kappa shape index (κ2) is 10.2. The van der Waals surface area contributed by atoms with Crippen LogP contribution in [0.25, 0.3) is 5.65 Å². The second-order valence-electron chi connectivity index (χ2n) is 7.98. The van der Waals surface area contributed by atoms with E-state index in [0.717, 1.165) is 35.2 Å². The summed E-state index contributed by atoms with van der Waals surface area (Å²) in [5.41, 5.74) is 7.71. The van der Waals surface area contributed by atoms with Crippen molar-refractivity contribution in [2.75, 3.05) is 24.3 Å². The van der Waals surface area contributed by atoms with Crippen LogP contribution in [0.5, 0.6) is 5.88 Å². The number of esters is 1. The first-order valence-electron chi connectivity index (χ1n) is 10.7. The number of aromatic carboxylic acids is 1. The van der Waals surface area contributed by atoms with Gasteiger partial charge in [0.2, 0.25) is 5.65 Å². The summed E-state index contributed by atoms with van der Waals surface area (Å²) in [5, 5.41) is 24.8. The molecule has 0 bridgehead atoms. The van der Waals surface area contributed by atoms with Gasteiger partial charge in [-0.1, -0.05) is 28.5 Å². The molecule has 192 valence electrons. The highest BCUT2D eigenvalue weighted by Crippen LogP contribution is 2.26. The molecule has 0 radical (unpaired) electrons. The molecule has 0 saturated heterocycles. The molecule has 2 aromatic carbocycles. The van der Waals surface area contributed by atoms with E-state index in [1.54, 1.807) is 0 Å². The molecule has 0 unspecified atom stereocenters. The lowest BCUT2D eigenvalue weighted by atomic mass is 9.96. The number of aromatic hydroxyl groups is 1. The molecule has 15 heteroatoms. The zero-order chi connectivity index (χ0) is 26.9. The number of hydrogen-bond donors (Lipinski definition) is 4. The van der Waals surface area contributed by atoms with Gasteiger partial charge in [0.1, 0.15) is 11.4 Å². The highest BCUT2D eigenvalue weighted by molar-refractivity contribution is 6.13. The van der Waals surface area contributed by atoms with Gasteiger partial charge in [0.15, 0.2) is 11.4 Å². The van der Waals surface area contributed by atoms with Crippen molar-refractivity contribution in [3.63, 3.8) is 0 Å². The number of hydrogen-bond acceptors (Lipinski definition) is 12. The van der Waals surface area contributed by atoms with Crippen LogP contribution in [0.3, 0.4) is 0 Å². The fraction of sp³-hybridized carbons (Fsp3) is 0.227. The molecule has 0 atom stereocenters. The first kappa shape index (κ1) is 25.5. The Morgan fingerprint density at radius 3 is 2.62 bits per heavy atom. The Hall–Kier alpha value is -4.56. The summed E-state index contributed by atoms with van der Waals surface area (Å²) >= 11 is 5.52. The maximum atomic E-state index is 11.6. The number of anilines is 2.